The van der Waals surface area contributed by atoms with Gasteiger partial charge in [-0.2, -0.15) is 0 Å². The van der Waals surface area contributed by atoms with Gasteiger partial charge < -0.3 is 30.9 Å². The maximum atomic E-state index is 13.1. The Morgan fingerprint density at radius 1 is 1.10 bits per heavy atom. The number of rotatable bonds is 4. The van der Waals surface area contributed by atoms with Crippen LogP contribution in [-0.2, 0) is 9.53 Å². The van der Waals surface area contributed by atoms with Gasteiger partial charge in [0.15, 0.2) is 11.5 Å². The molecule has 0 bridgehead atoms. The molecule has 0 radical (unpaired) electrons. The molecule has 3 amide bonds. The maximum absolute atomic E-state index is 13.1. The Balaban J connectivity index is 1.99. The molecule has 1 heterocycles. The number of aromatic hydroxyl groups is 2. The minimum absolute atomic E-state index is 0.174. The largest absolute Gasteiger partial charge is 0.504 e. The highest BCUT2D eigenvalue weighted by Gasteiger charge is 2.32. The van der Waals surface area contributed by atoms with Gasteiger partial charge in [0.05, 0.1) is 30.0 Å². The van der Waals surface area contributed by atoms with Crippen molar-refractivity contribution >= 4 is 23.6 Å². The second kappa shape index (κ2) is 7.93. The highest BCUT2D eigenvalue weighted by Crippen LogP contribution is 2.33. The summed E-state index contributed by atoms with van der Waals surface area (Å²) in [5, 5.41) is 27.2. The van der Waals surface area contributed by atoms with Crippen molar-refractivity contribution in [2.75, 3.05) is 12.4 Å². The number of urea groups is 1. The number of phenolic OH excluding ortho intramolecular Hbond substituents is 2. The van der Waals surface area contributed by atoms with Crippen molar-refractivity contribution in [3.05, 3.63) is 64.9 Å². The van der Waals surface area contributed by atoms with Crippen molar-refractivity contribution in [1.82, 2.24) is 10.6 Å². The highest BCUT2D eigenvalue weighted by molar-refractivity contribution is 6.09. The molecule has 0 aromatic heterocycles. The molecule has 2 aromatic carbocycles. The molecule has 1 atom stereocenters. The third-order valence-corrected chi connectivity index (χ3v) is 4.43. The fraction of sp³-hybridized carbons (Fsp3) is 0.150. The van der Waals surface area contributed by atoms with Crippen LogP contribution < -0.4 is 16.0 Å². The first-order chi connectivity index (χ1) is 13.8. The Morgan fingerprint density at radius 3 is 2.52 bits per heavy atom. The summed E-state index contributed by atoms with van der Waals surface area (Å²) < 4.78 is 4.73. The van der Waals surface area contributed by atoms with E-state index in [2.05, 4.69) is 16.0 Å². The smallest absolute Gasteiger partial charge is 0.339 e. The maximum Gasteiger partial charge on any atom is 0.339 e. The third-order valence-electron chi connectivity index (χ3n) is 4.43. The molecule has 5 N–H and O–H groups in total. The number of methoxy groups -OCH3 is 1. The lowest BCUT2D eigenvalue weighted by Gasteiger charge is -2.29. The molecular weight excluding hydrogens is 378 g/mol. The lowest BCUT2D eigenvalue weighted by Crippen LogP contribution is -2.46. The zero-order valence-electron chi connectivity index (χ0n) is 15.6. The van der Waals surface area contributed by atoms with Crippen LogP contribution in [0, 0.1) is 0 Å². The zero-order valence-corrected chi connectivity index (χ0v) is 15.6. The summed E-state index contributed by atoms with van der Waals surface area (Å²) in [7, 11) is 1.24. The van der Waals surface area contributed by atoms with E-state index in [0.717, 1.165) is 0 Å². The highest BCUT2D eigenvalue weighted by atomic mass is 16.5. The van der Waals surface area contributed by atoms with Gasteiger partial charge in [-0.15, -0.1) is 0 Å². The standard InChI is InChI=1S/C20H19N3O6/c1-10-16(18(26)22-13-6-4-3-5-12(13)19(27)29-2)17(23-20(28)21-10)11-7-8-14(24)15(25)9-11/h3-9,17,24-25H,1-2H3,(H,22,26)(H2,21,23,28)/t17-/m1/s1. The number of phenols is 2. The molecule has 0 aliphatic carbocycles. The van der Waals surface area contributed by atoms with E-state index in [0.29, 0.717) is 11.3 Å². The van der Waals surface area contributed by atoms with Crippen molar-refractivity contribution in [3.63, 3.8) is 0 Å². The molecule has 29 heavy (non-hydrogen) atoms. The number of allylic oxidation sites excluding steroid dienone is 1. The molecule has 3 rings (SSSR count). The number of ether oxygens (including phenoxy) is 1. The number of nitrogens with one attached hydrogen (secondary N) is 3. The van der Waals surface area contributed by atoms with Crippen molar-refractivity contribution in [3.8, 4) is 11.5 Å². The van der Waals surface area contributed by atoms with Gasteiger partial charge in [-0.1, -0.05) is 18.2 Å². The number of hydrogen-bond acceptors (Lipinski definition) is 6. The Bertz CT molecular complexity index is 1030. The monoisotopic (exact) mass is 397 g/mol. The zero-order chi connectivity index (χ0) is 21.1. The topological polar surface area (TPSA) is 137 Å². The average molecular weight is 397 g/mol. The first kappa shape index (κ1) is 19.7. The van der Waals surface area contributed by atoms with Crippen molar-refractivity contribution < 1.29 is 29.3 Å². The molecule has 150 valence electrons. The summed E-state index contributed by atoms with van der Waals surface area (Å²) in [6, 6.07) is 8.94. The number of para-hydroxylation sites is 1. The average Bonchev–Trinajstić information content (AvgIpc) is 2.69. The van der Waals surface area contributed by atoms with Crippen LogP contribution in [0.2, 0.25) is 0 Å². The summed E-state index contributed by atoms with van der Waals surface area (Å²) in [5.41, 5.74) is 1.29. The van der Waals surface area contributed by atoms with Gasteiger partial charge in [-0.3, -0.25) is 4.79 Å². The molecule has 1 aliphatic heterocycles. The van der Waals surface area contributed by atoms with Crippen LogP contribution in [0.1, 0.15) is 28.9 Å². The molecule has 0 saturated heterocycles. The first-order valence-electron chi connectivity index (χ1n) is 8.60. The Morgan fingerprint density at radius 2 is 1.83 bits per heavy atom. The van der Waals surface area contributed by atoms with Crippen LogP contribution in [0.25, 0.3) is 0 Å². The summed E-state index contributed by atoms with van der Waals surface area (Å²) >= 11 is 0. The minimum atomic E-state index is -0.888. The van der Waals surface area contributed by atoms with E-state index in [1.54, 1.807) is 25.1 Å². The first-order valence-corrected chi connectivity index (χ1v) is 8.60. The van der Waals surface area contributed by atoms with Crippen LogP contribution in [0.4, 0.5) is 10.5 Å². The molecule has 1 aliphatic rings. The molecule has 9 heteroatoms. The molecule has 0 spiro atoms. The lowest BCUT2D eigenvalue weighted by molar-refractivity contribution is -0.113. The summed E-state index contributed by atoms with van der Waals surface area (Å²) in [6.07, 6.45) is 0. The van der Waals surface area contributed by atoms with Crippen LogP contribution in [0.15, 0.2) is 53.7 Å². The van der Waals surface area contributed by atoms with Crippen molar-refractivity contribution in [1.29, 1.82) is 0 Å². The normalized spacial score (nSPS) is 15.9. The number of carbonyl (C=O) groups is 3. The number of esters is 1. The molecule has 0 unspecified atom stereocenters. The Hall–Kier alpha value is -4.01. The predicted octanol–water partition coefficient (Wildman–Crippen LogP) is 2.15. The second-order valence-corrected chi connectivity index (χ2v) is 6.31. The van der Waals surface area contributed by atoms with E-state index >= 15 is 0 Å². The molecule has 0 saturated carbocycles. The predicted molar refractivity (Wildman–Crippen MR) is 103 cm³/mol. The van der Waals surface area contributed by atoms with E-state index in [-0.39, 0.29) is 28.3 Å². The third kappa shape index (κ3) is 3.98. The van der Waals surface area contributed by atoms with Crippen LogP contribution in [0.3, 0.4) is 0 Å². The van der Waals surface area contributed by atoms with Gasteiger partial charge in [0.2, 0.25) is 0 Å². The second-order valence-electron chi connectivity index (χ2n) is 6.31. The fourth-order valence-electron chi connectivity index (χ4n) is 3.03. The van der Waals surface area contributed by atoms with Gasteiger partial charge in [-0.25, -0.2) is 9.59 Å². The summed E-state index contributed by atoms with van der Waals surface area (Å²) in [4.78, 5) is 37.0. The number of anilines is 1. The van der Waals surface area contributed by atoms with E-state index in [1.807, 2.05) is 0 Å². The van der Waals surface area contributed by atoms with E-state index in [9.17, 15) is 24.6 Å². The van der Waals surface area contributed by atoms with Gasteiger partial charge in [0.1, 0.15) is 0 Å². The number of amides is 3. The fourth-order valence-corrected chi connectivity index (χ4v) is 3.03. The number of carbonyl (C=O) groups excluding carboxylic acids is 3. The Labute approximate surface area is 166 Å². The molecule has 2 aromatic rings. The van der Waals surface area contributed by atoms with Gasteiger partial charge >= 0.3 is 12.0 Å². The van der Waals surface area contributed by atoms with E-state index < -0.39 is 23.9 Å². The number of hydrogen-bond donors (Lipinski definition) is 5. The van der Waals surface area contributed by atoms with Crippen LogP contribution in [-0.4, -0.2) is 35.2 Å². The van der Waals surface area contributed by atoms with Crippen LogP contribution in [0.5, 0.6) is 11.5 Å². The SMILES string of the molecule is COC(=O)c1ccccc1NC(=O)C1=C(C)NC(=O)N[C@@H]1c1ccc(O)c(O)c1. The minimum Gasteiger partial charge on any atom is -0.504 e. The van der Waals surface area contributed by atoms with Gasteiger partial charge in [0.25, 0.3) is 5.91 Å². The molecular formula is C20H19N3O6. The lowest BCUT2D eigenvalue weighted by atomic mass is 9.94. The van der Waals surface area contributed by atoms with E-state index in [1.165, 1.54) is 31.4 Å². The van der Waals surface area contributed by atoms with Crippen molar-refractivity contribution in [2.24, 2.45) is 0 Å². The Kier molecular flexibility index (Phi) is 5.40. The quantitative estimate of drug-likeness (QED) is 0.396. The van der Waals surface area contributed by atoms with Gasteiger partial charge in [0, 0.05) is 5.70 Å². The molecule has 9 nitrogen and oxygen atoms in total. The van der Waals surface area contributed by atoms with Gasteiger partial charge in [-0.05, 0) is 36.8 Å². The summed E-state index contributed by atoms with van der Waals surface area (Å²) in [5.74, 6) is -1.89. The number of benzene rings is 2. The van der Waals surface area contributed by atoms with Crippen LogP contribution >= 0.6 is 0 Å². The summed E-state index contributed by atoms with van der Waals surface area (Å²) in [6.45, 7) is 1.56. The van der Waals surface area contributed by atoms with E-state index in [4.69, 9.17) is 4.74 Å². The molecule has 0 fully saturated rings. The van der Waals surface area contributed by atoms with Crippen molar-refractivity contribution in [2.45, 2.75) is 13.0 Å².